The number of anilines is 1. The summed E-state index contributed by atoms with van der Waals surface area (Å²) in [5, 5.41) is 5.07. The molecule has 0 saturated heterocycles. The molecule has 4 rings (SSSR count). The number of hydrogen-bond acceptors (Lipinski definition) is 5. The minimum absolute atomic E-state index is 0.0880. The van der Waals surface area contributed by atoms with Gasteiger partial charge in [-0.25, -0.2) is 0 Å². The Kier molecular flexibility index (Phi) is 7.44. The number of aromatic nitrogens is 2. The van der Waals surface area contributed by atoms with Gasteiger partial charge in [0.25, 0.3) is 10.1 Å². The van der Waals surface area contributed by atoms with Crippen molar-refractivity contribution in [3.8, 4) is 0 Å². The quantitative estimate of drug-likeness (QED) is 0.375. The lowest BCUT2D eigenvalue weighted by Gasteiger charge is -2.33. The van der Waals surface area contributed by atoms with E-state index in [-0.39, 0.29) is 21.7 Å². The molecule has 3 N–H and O–H groups in total. The van der Waals surface area contributed by atoms with Crippen LogP contribution < -0.4 is 5.73 Å². The number of rotatable bonds is 2. The summed E-state index contributed by atoms with van der Waals surface area (Å²) in [6, 6.07) is 11.9. The second-order valence-corrected chi connectivity index (χ2v) is 10.2. The molecule has 1 aliphatic rings. The molecule has 11 heteroatoms. The van der Waals surface area contributed by atoms with Crippen LogP contribution in [0.2, 0.25) is 15.2 Å². The average Bonchev–Trinajstić information content (AvgIpc) is 2.94. The highest BCUT2D eigenvalue weighted by molar-refractivity contribution is 7.86. The first-order valence-electron chi connectivity index (χ1n) is 9.56. The van der Waals surface area contributed by atoms with Gasteiger partial charge in [-0.05, 0) is 54.9 Å². The fourth-order valence-corrected chi connectivity index (χ4v) is 5.61. The molecule has 3 aromatic rings. The van der Waals surface area contributed by atoms with Gasteiger partial charge >= 0.3 is 0 Å². The largest absolute Gasteiger partial charge is 0.399 e. The predicted molar refractivity (Wildman–Crippen MR) is 128 cm³/mol. The van der Waals surface area contributed by atoms with Gasteiger partial charge in [-0.3, -0.25) is 9.23 Å². The van der Waals surface area contributed by atoms with Crippen LogP contribution in [0, 0.1) is 6.92 Å². The Morgan fingerprint density at radius 1 is 1.16 bits per heavy atom. The lowest BCUT2D eigenvalue weighted by Crippen LogP contribution is -2.31. The minimum Gasteiger partial charge on any atom is -0.399 e. The zero-order valence-corrected chi connectivity index (χ0v) is 20.8. The van der Waals surface area contributed by atoms with Crippen LogP contribution >= 0.6 is 34.8 Å². The first-order chi connectivity index (χ1) is 14.9. The van der Waals surface area contributed by atoms with E-state index in [4.69, 9.17) is 45.1 Å². The van der Waals surface area contributed by atoms with E-state index in [1.54, 1.807) is 0 Å². The van der Waals surface area contributed by atoms with Crippen LogP contribution in [0.1, 0.15) is 28.3 Å². The van der Waals surface area contributed by atoms with E-state index in [0.717, 1.165) is 29.4 Å². The molecule has 1 aromatic heterocycles. The number of aryl methyl sites for hydroxylation is 2. The van der Waals surface area contributed by atoms with Crippen LogP contribution in [0.3, 0.4) is 0 Å². The van der Waals surface area contributed by atoms with Crippen molar-refractivity contribution in [1.82, 2.24) is 14.7 Å². The maximum atomic E-state index is 10.7. The topological polar surface area (TPSA) is 101 Å². The highest BCUT2D eigenvalue weighted by Gasteiger charge is 2.27. The van der Waals surface area contributed by atoms with Crippen molar-refractivity contribution in [3.63, 3.8) is 0 Å². The van der Waals surface area contributed by atoms with Crippen molar-refractivity contribution in [3.05, 3.63) is 74.0 Å². The predicted octanol–water partition coefficient (Wildman–Crippen LogP) is 4.78. The molecule has 0 bridgehead atoms. The molecule has 1 aliphatic heterocycles. The third kappa shape index (κ3) is 5.39. The van der Waals surface area contributed by atoms with Gasteiger partial charge in [-0.1, -0.05) is 46.9 Å². The van der Waals surface area contributed by atoms with Gasteiger partial charge in [-0.15, -0.1) is 0 Å². The summed E-state index contributed by atoms with van der Waals surface area (Å²) in [7, 11) is -0.664. The summed E-state index contributed by atoms with van der Waals surface area (Å²) < 4.78 is 31.3. The SMILES string of the molecule is CN1Cc2c(Cl)cc(Cl)cc2C(c2cccc(N)c2)C1.Cc1nn(C)c(Cl)c1S(=O)(=O)O. The smallest absolute Gasteiger partial charge is 0.299 e. The zero-order valence-electron chi connectivity index (χ0n) is 17.7. The van der Waals surface area contributed by atoms with Gasteiger partial charge in [0.05, 0.1) is 5.69 Å². The summed E-state index contributed by atoms with van der Waals surface area (Å²) in [5.41, 5.74) is 10.5. The molecule has 7 nitrogen and oxygen atoms in total. The van der Waals surface area contributed by atoms with Crippen LogP contribution in [0.4, 0.5) is 5.69 Å². The lowest BCUT2D eigenvalue weighted by atomic mass is 9.84. The number of halogens is 3. The van der Waals surface area contributed by atoms with Gasteiger partial charge in [0.2, 0.25) is 0 Å². The van der Waals surface area contributed by atoms with Gasteiger partial charge < -0.3 is 10.6 Å². The number of nitrogens with two attached hydrogens (primary N) is 1. The van der Waals surface area contributed by atoms with E-state index in [1.807, 2.05) is 30.3 Å². The van der Waals surface area contributed by atoms with E-state index in [0.29, 0.717) is 5.02 Å². The number of fused-ring (bicyclic) bond motifs is 1. The van der Waals surface area contributed by atoms with Gasteiger partial charge in [0.15, 0.2) is 4.90 Å². The van der Waals surface area contributed by atoms with Gasteiger partial charge in [-0.2, -0.15) is 13.5 Å². The van der Waals surface area contributed by atoms with E-state index >= 15 is 0 Å². The molecule has 0 amide bonds. The second-order valence-electron chi connectivity index (χ2n) is 7.68. The normalized spacial score (nSPS) is 16.3. The van der Waals surface area contributed by atoms with E-state index in [1.165, 1.54) is 29.8 Å². The van der Waals surface area contributed by atoms with E-state index < -0.39 is 10.1 Å². The first kappa shape index (κ1) is 24.8. The summed E-state index contributed by atoms with van der Waals surface area (Å²) >= 11 is 18.1. The van der Waals surface area contributed by atoms with Crippen molar-refractivity contribution < 1.29 is 13.0 Å². The van der Waals surface area contributed by atoms with Crippen molar-refractivity contribution in [1.29, 1.82) is 0 Å². The third-order valence-corrected chi connectivity index (χ3v) is 7.27. The first-order valence-corrected chi connectivity index (χ1v) is 12.1. The van der Waals surface area contributed by atoms with Gasteiger partial charge in [0.1, 0.15) is 5.15 Å². The summed E-state index contributed by atoms with van der Waals surface area (Å²) in [6.45, 7) is 3.24. The Morgan fingerprint density at radius 3 is 2.38 bits per heavy atom. The third-order valence-electron chi connectivity index (χ3n) is 5.16. The number of hydrogen-bond donors (Lipinski definition) is 2. The Bertz CT molecular complexity index is 1260. The minimum atomic E-state index is -4.26. The van der Waals surface area contributed by atoms with Crippen LogP contribution in [-0.2, 0) is 23.7 Å². The number of benzene rings is 2. The fourth-order valence-electron chi connectivity index (χ4n) is 3.81. The van der Waals surface area contributed by atoms with Crippen molar-refractivity contribution in [2.45, 2.75) is 24.3 Å². The molecule has 0 aliphatic carbocycles. The van der Waals surface area contributed by atoms with Crippen molar-refractivity contribution >= 4 is 50.6 Å². The Balaban J connectivity index is 0.000000207. The van der Waals surface area contributed by atoms with E-state index in [2.05, 4.69) is 23.1 Å². The number of nitrogen functional groups attached to an aromatic ring is 1. The molecular formula is C21H23Cl3N4O3S. The highest BCUT2D eigenvalue weighted by Crippen LogP contribution is 2.38. The maximum Gasteiger partial charge on any atom is 0.299 e. The van der Waals surface area contributed by atoms with E-state index in [9.17, 15) is 8.42 Å². The molecule has 172 valence electrons. The lowest BCUT2D eigenvalue weighted by molar-refractivity contribution is 0.295. The molecular weight excluding hydrogens is 495 g/mol. The van der Waals surface area contributed by atoms with Crippen LogP contribution in [0.15, 0.2) is 41.3 Å². The summed E-state index contributed by atoms with van der Waals surface area (Å²) in [6.07, 6.45) is 0. The van der Waals surface area contributed by atoms with Crippen molar-refractivity contribution in [2.75, 3.05) is 19.3 Å². The molecule has 1 unspecified atom stereocenters. The van der Waals surface area contributed by atoms with Crippen molar-refractivity contribution in [2.24, 2.45) is 7.05 Å². The molecule has 2 aromatic carbocycles. The highest BCUT2D eigenvalue weighted by atomic mass is 35.5. The molecule has 0 saturated carbocycles. The van der Waals surface area contributed by atoms with Crippen LogP contribution in [0.25, 0.3) is 0 Å². The summed E-state index contributed by atoms with van der Waals surface area (Å²) in [4.78, 5) is 1.95. The Labute approximate surface area is 202 Å². The monoisotopic (exact) mass is 516 g/mol. The second kappa shape index (κ2) is 9.59. The van der Waals surface area contributed by atoms with Crippen LogP contribution in [0.5, 0.6) is 0 Å². The Hall–Kier alpha value is -1.81. The Morgan fingerprint density at radius 2 is 1.84 bits per heavy atom. The number of likely N-dealkylation sites (N-methyl/N-ethyl adjacent to an activating group) is 1. The molecule has 0 spiro atoms. The fraction of sp³-hybridized carbons (Fsp3) is 0.286. The van der Waals surface area contributed by atoms with Gasteiger partial charge in [0, 0.05) is 41.8 Å². The molecule has 1 atom stereocenters. The maximum absolute atomic E-state index is 10.7. The molecule has 0 radical (unpaired) electrons. The molecule has 2 heterocycles. The molecule has 32 heavy (non-hydrogen) atoms. The standard InChI is InChI=1S/C16H16Cl2N2.C5H7ClN2O3S/c1-20-8-14(10-3-2-4-12(19)5-10)13-6-11(17)7-16(18)15(13)9-20;1-3-4(12(9,10)11)5(6)8(2)7-3/h2-7,14H,8-9,19H2,1H3;1-2H3,(H,9,10,11). The molecule has 0 fully saturated rings. The average molecular weight is 518 g/mol. The zero-order chi connectivity index (χ0) is 23.8. The van der Waals surface area contributed by atoms with Crippen LogP contribution in [-0.4, -0.2) is 41.2 Å². The summed E-state index contributed by atoms with van der Waals surface area (Å²) in [5.74, 6) is 0.253. The number of nitrogens with zero attached hydrogens (tertiary/aromatic N) is 3.